The predicted molar refractivity (Wildman–Crippen MR) is 75.8 cm³/mol. The molecule has 0 unspecified atom stereocenters. The molecule has 110 valence electrons. The number of likely N-dealkylation sites (tertiary alicyclic amines) is 1. The molecule has 0 aliphatic carbocycles. The van der Waals surface area contributed by atoms with Gasteiger partial charge in [-0.1, -0.05) is 6.07 Å². The summed E-state index contributed by atoms with van der Waals surface area (Å²) < 4.78 is 24.9. The van der Waals surface area contributed by atoms with E-state index in [0.717, 1.165) is 25.5 Å². The molecule has 1 saturated heterocycles. The Morgan fingerprint density at radius 2 is 2.25 bits per heavy atom. The second-order valence-corrected chi connectivity index (χ2v) is 6.82. The number of sulfonamides is 1. The van der Waals surface area contributed by atoms with Gasteiger partial charge in [-0.3, -0.25) is 9.78 Å². The highest BCUT2D eigenvalue weighted by molar-refractivity contribution is 7.88. The van der Waals surface area contributed by atoms with Crippen molar-refractivity contribution in [1.29, 1.82) is 0 Å². The summed E-state index contributed by atoms with van der Waals surface area (Å²) in [6.07, 6.45) is 5.46. The van der Waals surface area contributed by atoms with Gasteiger partial charge in [0.15, 0.2) is 0 Å². The van der Waals surface area contributed by atoms with Crippen LogP contribution in [0.3, 0.4) is 0 Å². The normalized spacial score (nSPS) is 19.9. The van der Waals surface area contributed by atoms with Gasteiger partial charge in [0, 0.05) is 25.3 Å². The topological polar surface area (TPSA) is 79.4 Å². The summed E-state index contributed by atoms with van der Waals surface area (Å²) in [5.74, 6) is -0.134. The van der Waals surface area contributed by atoms with Gasteiger partial charge in [-0.15, -0.1) is 0 Å². The summed E-state index contributed by atoms with van der Waals surface area (Å²) in [5, 5.41) is 0. The molecule has 6 nitrogen and oxygen atoms in total. The Balaban J connectivity index is 2.09. The van der Waals surface area contributed by atoms with E-state index >= 15 is 0 Å². The van der Waals surface area contributed by atoms with Crippen LogP contribution in [0.2, 0.25) is 0 Å². The van der Waals surface area contributed by atoms with Crippen LogP contribution in [-0.4, -0.2) is 49.6 Å². The Morgan fingerprint density at radius 1 is 1.45 bits per heavy atom. The predicted octanol–water partition coefficient (Wildman–Crippen LogP) is 0.625. The van der Waals surface area contributed by atoms with E-state index in [0.29, 0.717) is 12.2 Å². The Morgan fingerprint density at radius 3 is 2.90 bits per heavy atom. The highest BCUT2D eigenvalue weighted by atomic mass is 32.2. The van der Waals surface area contributed by atoms with E-state index in [2.05, 4.69) is 9.71 Å². The van der Waals surface area contributed by atoms with Gasteiger partial charge < -0.3 is 4.90 Å². The molecule has 2 rings (SSSR count). The highest BCUT2D eigenvalue weighted by Crippen LogP contribution is 2.18. The summed E-state index contributed by atoms with van der Waals surface area (Å²) in [7, 11) is -3.24. The lowest BCUT2D eigenvalue weighted by molar-refractivity contribution is 0.0612. The number of hydrogen-bond donors (Lipinski definition) is 1. The van der Waals surface area contributed by atoms with Crippen LogP contribution in [-0.2, 0) is 10.0 Å². The first kappa shape index (κ1) is 14.9. The first-order valence-electron chi connectivity index (χ1n) is 6.64. The van der Waals surface area contributed by atoms with Crippen molar-refractivity contribution < 1.29 is 13.2 Å². The molecule has 1 aromatic heterocycles. The number of hydrogen-bond acceptors (Lipinski definition) is 4. The van der Waals surface area contributed by atoms with Crippen molar-refractivity contribution >= 4 is 15.9 Å². The zero-order valence-electron chi connectivity index (χ0n) is 11.4. The van der Waals surface area contributed by atoms with Crippen molar-refractivity contribution in [1.82, 2.24) is 14.6 Å². The Bertz CT molecular complexity index is 559. The molecule has 1 atom stereocenters. The lowest BCUT2D eigenvalue weighted by atomic mass is 10.0. The molecule has 1 aliphatic rings. The quantitative estimate of drug-likeness (QED) is 0.884. The third kappa shape index (κ3) is 4.01. The zero-order valence-corrected chi connectivity index (χ0v) is 12.3. The van der Waals surface area contributed by atoms with E-state index in [-0.39, 0.29) is 18.5 Å². The Kier molecular flexibility index (Phi) is 4.72. The van der Waals surface area contributed by atoms with Gasteiger partial charge in [-0.05, 0) is 31.4 Å². The fourth-order valence-electron chi connectivity index (χ4n) is 2.36. The SMILES string of the molecule is CS(=O)(=O)NC[C@H]1CCCCN1C(=O)c1ccccn1. The van der Waals surface area contributed by atoms with E-state index in [9.17, 15) is 13.2 Å². The lowest BCUT2D eigenvalue weighted by Gasteiger charge is -2.35. The van der Waals surface area contributed by atoms with Gasteiger partial charge in [-0.2, -0.15) is 0 Å². The van der Waals surface area contributed by atoms with Crippen molar-refractivity contribution in [3.8, 4) is 0 Å². The molecule has 1 aliphatic heterocycles. The van der Waals surface area contributed by atoms with Crippen LogP contribution in [0.1, 0.15) is 29.8 Å². The maximum Gasteiger partial charge on any atom is 0.272 e. The summed E-state index contributed by atoms with van der Waals surface area (Å²) >= 11 is 0. The summed E-state index contributed by atoms with van der Waals surface area (Å²) in [5.41, 5.74) is 0.402. The van der Waals surface area contributed by atoms with E-state index in [4.69, 9.17) is 0 Å². The van der Waals surface area contributed by atoms with E-state index < -0.39 is 10.0 Å². The van der Waals surface area contributed by atoms with Crippen molar-refractivity contribution in [2.45, 2.75) is 25.3 Å². The molecular weight excluding hydrogens is 278 g/mol. The van der Waals surface area contributed by atoms with Gasteiger partial charge in [0.2, 0.25) is 10.0 Å². The average molecular weight is 297 g/mol. The van der Waals surface area contributed by atoms with E-state index in [1.54, 1.807) is 29.3 Å². The molecular formula is C13H19N3O3S. The van der Waals surface area contributed by atoms with Crippen molar-refractivity contribution in [2.24, 2.45) is 0 Å². The molecule has 0 radical (unpaired) electrons. The van der Waals surface area contributed by atoms with Gasteiger partial charge >= 0.3 is 0 Å². The fourth-order valence-corrected chi connectivity index (χ4v) is 2.86. The fraction of sp³-hybridized carbons (Fsp3) is 0.538. The third-order valence-electron chi connectivity index (χ3n) is 3.35. The maximum absolute atomic E-state index is 12.4. The van der Waals surface area contributed by atoms with Gasteiger partial charge in [0.05, 0.1) is 6.26 Å². The number of carbonyl (C=O) groups excluding carboxylic acids is 1. The van der Waals surface area contributed by atoms with Crippen LogP contribution in [0.5, 0.6) is 0 Å². The van der Waals surface area contributed by atoms with Crippen molar-refractivity contribution in [3.05, 3.63) is 30.1 Å². The summed E-state index contributed by atoms with van der Waals surface area (Å²) in [4.78, 5) is 18.2. The molecule has 0 spiro atoms. The number of piperidine rings is 1. The average Bonchev–Trinajstić information content (AvgIpc) is 2.45. The number of nitrogens with zero attached hydrogens (tertiary/aromatic N) is 2. The number of nitrogens with one attached hydrogen (secondary N) is 1. The monoisotopic (exact) mass is 297 g/mol. The molecule has 1 fully saturated rings. The first-order valence-corrected chi connectivity index (χ1v) is 8.53. The minimum Gasteiger partial charge on any atom is -0.333 e. The third-order valence-corrected chi connectivity index (χ3v) is 4.04. The summed E-state index contributed by atoms with van der Waals surface area (Å²) in [6, 6.07) is 5.11. The zero-order chi connectivity index (χ0) is 14.6. The standard InChI is InChI=1S/C13H19N3O3S/c1-20(18,19)15-10-11-6-3-5-9-16(11)13(17)12-7-2-4-8-14-12/h2,4,7-8,11,15H,3,5-6,9-10H2,1H3/t11-/m1/s1. The second kappa shape index (κ2) is 6.32. The Hall–Kier alpha value is -1.47. The number of amides is 1. The molecule has 20 heavy (non-hydrogen) atoms. The molecule has 1 amide bonds. The summed E-state index contributed by atoms with van der Waals surface area (Å²) in [6.45, 7) is 0.906. The molecule has 0 saturated carbocycles. The van der Waals surface area contributed by atoms with Crippen LogP contribution >= 0.6 is 0 Å². The van der Waals surface area contributed by atoms with Crippen molar-refractivity contribution in [2.75, 3.05) is 19.3 Å². The largest absolute Gasteiger partial charge is 0.333 e. The van der Waals surface area contributed by atoms with Crippen molar-refractivity contribution in [3.63, 3.8) is 0 Å². The second-order valence-electron chi connectivity index (χ2n) is 4.98. The lowest BCUT2D eigenvalue weighted by Crippen LogP contribution is -2.49. The first-order chi connectivity index (χ1) is 9.47. The smallest absolute Gasteiger partial charge is 0.272 e. The van der Waals surface area contributed by atoms with Crippen LogP contribution < -0.4 is 4.72 Å². The minimum absolute atomic E-state index is 0.104. The molecule has 0 bridgehead atoms. The van der Waals surface area contributed by atoms with Crippen LogP contribution in [0, 0.1) is 0 Å². The van der Waals surface area contributed by atoms with E-state index in [1.807, 2.05) is 0 Å². The molecule has 1 aromatic rings. The highest BCUT2D eigenvalue weighted by Gasteiger charge is 2.28. The van der Waals surface area contributed by atoms with Crippen LogP contribution in [0.4, 0.5) is 0 Å². The van der Waals surface area contributed by atoms with Gasteiger partial charge in [-0.25, -0.2) is 13.1 Å². The van der Waals surface area contributed by atoms with Crippen LogP contribution in [0.15, 0.2) is 24.4 Å². The number of rotatable bonds is 4. The molecule has 2 heterocycles. The van der Waals surface area contributed by atoms with Crippen LogP contribution in [0.25, 0.3) is 0 Å². The minimum atomic E-state index is -3.24. The maximum atomic E-state index is 12.4. The van der Waals surface area contributed by atoms with E-state index in [1.165, 1.54) is 0 Å². The molecule has 1 N–H and O–H groups in total. The number of pyridine rings is 1. The Labute approximate surface area is 119 Å². The number of carbonyl (C=O) groups is 1. The molecule has 0 aromatic carbocycles. The van der Waals surface area contributed by atoms with Gasteiger partial charge in [0.1, 0.15) is 5.69 Å². The molecule has 7 heteroatoms. The van der Waals surface area contributed by atoms with Gasteiger partial charge in [0.25, 0.3) is 5.91 Å². The number of aromatic nitrogens is 1.